The van der Waals surface area contributed by atoms with Gasteiger partial charge in [0.2, 0.25) is 0 Å². The summed E-state index contributed by atoms with van der Waals surface area (Å²) in [4.78, 5) is 45.9. The highest BCUT2D eigenvalue weighted by molar-refractivity contribution is 9.10. The Morgan fingerprint density at radius 1 is 1.20 bits per heavy atom. The molecule has 2 N–H and O–H groups in total. The number of nitrogens with one attached hydrogen (secondary N) is 2. The zero-order valence-electron chi connectivity index (χ0n) is 15.7. The van der Waals surface area contributed by atoms with Crippen molar-refractivity contribution in [1.29, 1.82) is 0 Å². The lowest BCUT2D eigenvalue weighted by molar-refractivity contribution is -0.384. The molecule has 2 aromatic carbocycles. The van der Waals surface area contributed by atoms with Crippen LogP contribution in [0, 0.1) is 15.9 Å². The van der Waals surface area contributed by atoms with Crippen molar-refractivity contribution in [2.24, 2.45) is 0 Å². The molecule has 0 spiro atoms. The van der Waals surface area contributed by atoms with Crippen LogP contribution >= 0.6 is 15.9 Å². The summed E-state index contributed by atoms with van der Waals surface area (Å²) in [5.41, 5.74) is -0.00916. The van der Waals surface area contributed by atoms with E-state index in [4.69, 9.17) is 4.74 Å². The number of carbonyl (C=O) groups is 3. The number of amides is 2. The Morgan fingerprint density at radius 2 is 1.87 bits per heavy atom. The fraction of sp³-hybridized carbons (Fsp3) is 0.211. The first kappa shape index (κ1) is 22.9. The minimum atomic E-state index is -1.18. The minimum Gasteiger partial charge on any atom is -0.452 e. The molecule has 0 radical (unpaired) electrons. The molecule has 30 heavy (non-hydrogen) atoms. The summed E-state index contributed by atoms with van der Waals surface area (Å²) in [6, 6.07) is 9.05. The van der Waals surface area contributed by atoms with Gasteiger partial charge in [-0.15, -0.1) is 0 Å². The Labute approximate surface area is 178 Å². The molecule has 0 aliphatic heterocycles. The number of rotatable bonds is 8. The van der Waals surface area contributed by atoms with Gasteiger partial charge in [0.15, 0.2) is 6.10 Å². The topological polar surface area (TPSA) is 128 Å². The minimum absolute atomic E-state index is 0.0542. The number of ether oxygens (including phenoxy) is 1. The molecule has 11 heteroatoms. The van der Waals surface area contributed by atoms with E-state index >= 15 is 0 Å². The third-order valence-electron chi connectivity index (χ3n) is 3.82. The molecule has 0 fully saturated rings. The SMILES string of the molecule is C[C@H](OC(=O)CCNC(=O)c1ccc([N+](=O)[O-])cc1)C(=O)Nc1ccc(Br)cc1F. The third kappa shape index (κ3) is 6.62. The molecule has 0 aromatic heterocycles. The van der Waals surface area contributed by atoms with Crippen LogP contribution in [0.3, 0.4) is 0 Å². The van der Waals surface area contributed by atoms with Crippen molar-refractivity contribution in [2.75, 3.05) is 11.9 Å². The maximum Gasteiger partial charge on any atom is 0.308 e. The van der Waals surface area contributed by atoms with E-state index in [9.17, 15) is 28.9 Å². The first-order chi connectivity index (χ1) is 14.2. The van der Waals surface area contributed by atoms with Crippen LogP contribution in [0.4, 0.5) is 15.8 Å². The van der Waals surface area contributed by atoms with Crippen LogP contribution in [0.2, 0.25) is 0 Å². The van der Waals surface area contributed by atoms with Gasteiger partial charge in [-0.2, -0.15) is 0 Å². The molecule has 0 unspecified atom stereocenters. The number of anilines is 1. The molecule has 0 aliphatic carbocycles. The van der Waals surface area contributed by atoms with Crippen molar-refractivity contribution in [2.45, 2.75) is 19.4 Å². The monoisotopic (exact) mass is 481 g/mol. The molecule has 2 rings (SSSR count). The molecule has 0 saturated carbocycles. The van der Waals surface area contributed by atoms with Crippen molar-refractivity contribution >= 4 is 45.1 Å². The first-order valence-corrected chi connectivity index (χ1v) is 9.44. The first-order valence-electron chi connectivity index (χ1n) is 8.65. The van der Waals surface area contributed by atoms with Crippen LogP contribution in [0.5, 0.6) is 0 Å². The van der Waals surface area contributed by atoms with Crippen LogP contribution in [0.15, 0.2) is 46.9 Å². The quantitative estimate of drug-likeness (QED) is 0.338. The van der Waals surface area contributed by atoms with Gasteiger partial charge in [-0.25, -0.2) is 4.39 Å². The average molecular weight is 482 g/mol. The lowest BCUT2D eigenvalue weighted by Gasteiger charge is -2.14. The number of halogens is 2. The summed E-state index contributed by atoms with van der Waals surface area (Å²) >= 11 is 3.10. The van der Waals surface area contributed by atoms with E-state index in [0.717, 1.165) is 0 Å². The highest BCUT2D eigenvalue weighted by Gasteiger charge is 2.19. The van der Waals surface area contributed by atoms with Crippen LogP contribution < -0.4 is 10.6 Å². The normalized spacial score (nSPS) is 11.3. The lowest BCUT2D eigenvalue weighted by Crippen LogP contribution is -2.32. The van der Waals surface area contributed by atoms with E-state index < -0.39 is 34.6 Å². The van der Waals surface area contributed by atoms with E-state index in [1.165, 1.54) is 43.3 Å². The van der Waals surface area contributed by atoms with Gasteiger partial charge >= 0.3 is 5.97 Å². The second kappa shape index (κ2) is 10.4. The van der Waals surface area contributed by atoms with Gasteiger partial charge in [-0.1, -0.05) is 15.9 Å². The Balaban J connectivity index is 1.77. The number of benzene rings is 2. The molecule has 0 bridgehead atoms. The summed E-state index contributed by atoms with van der Waals surface area (Å²) < 4.78 is 19.2. The van der Waals surface area contributed by atoms with E-state index in [-0.39, 0.29) is 29.9 Å². The molecule has 2 amide bonds. The van der Waals surface area contributed by atoms with Crippen molar-refractivity contribution < 1.29 is 28.4 Å². The molecule has 2 aromatic rings. The number of non-ortho nitro benzene ring substituents is 1. The molecule has 158 valence electrons. The number of hydrogen-bond donors (Lipinski definition) is 2. The number of nitro groups is 1. The van der Waals surface area contributed by atoms with Crippen LogP contribution in [-0.2, 0) is 14.3 Å². The number of hydrogen-bond acceptors (Lipinski definition) is 6. The van der Waals surface area contributed by atoms with Gasteiger partial charge in [0.05, 0.1) is 17.0 Å². The predicted molar refractivity (Wildman–Crippen MR) is 108 cm³/mol. The number of nitrogens with zero attached hydrogens (tertiary/aromatic N) is 1. The molecule has 0 aliphatic rings. The fourth-order valence-corrected chi connectivity index (χ4v) is 2.58. The third-order valence-corrected chi connectivity index (χ3v) is 4.31. The molecular formula is C19H17BrFN3O6. The van der Waals surface area contributed by atoms with Gasteiger partial charge in [-0.3, -0.25) is 24.5 Å². The Bertz CT molecular complexity index is 967. The van der Waals surface area contributed by atoms with Gasteiger partial charge in [0.25, 0.3) is 17.5 Å². The van der Waals surface area contributed by atoms with E-state index in [1.54, 1.807) is 6.07 Å². The number of nitro benzene ring substituents is 1. The Hall–Kier alpha value is -3.34. The number of esters is 1. The zero-order chi connectivity index (χ0) is 22.3. The van der Waals surface area contributed by atoms with E-state index in [1.807, 2.05) is 0 Å². The second-order valence-corrected chi connectivity index (χ2v) is 6.97. The smallest absolute Gasteiger partial charge is 0.308 e. The summed E-state index contributed by atoms with van der Waals surface area (Å²) in [5, 5.41) is 15.4. The fourth-order valence-electron chi connectivity index (χ4n) is 2.25. The maximum absolute atomic E-state index is 13.8. The van der Waals surface area contributed by atoms with Gasteiger partial charge in [0, 0.05) is 28.7 Å². The van der Waals surface area contributed by atoms with E-state index in [0.29, 0.717) is 4.47 Å². The zero-order valence-corrected chi connectivity index (χ0v) is 17.3. The highest BCUT2D eigenvalue weighted by atomic mass is 79.9. The van der Waals surface area contributed by atoms with Gasteiger partial charge < -0.3 is 15.4 Å². The number of carbonyl (C=O) groups excluding carboxylic acids is 3. The Morgan fingerprint density at radius 3 is 2.47 bits per heavy atom. The van der Waals surface area contributed by atoms with Gasteiger partial charge in [-0.05, 0) is 37.3 Å². The molecule has 9 nitrogen and oxygen atoms in total. The van der Waals surface area contributed by atoms with Crippen molar-refractivity contribution in [1.82, 2.24) is 5.32 Å². The molecule has 0 saturated heterocycles. The Kier molecular flexibility index (Phi) is 7.98. The summed E-state index contributed by atoms with van der Waals surface area (Å²) in [5.74, 6) is -2.61. The van der Waals surface area contributed by atoms with Crippen molar-refractivity contribution in [3.63, 3.8) is 0 Å². The van der Waals surface area contributed by atoms with Crippen molar-refractivity contribution in [3.05, 3.63) is 68.4 Å². The van der Waals surface area contributed by atoms with Crippen LogP contribution in [0.1, 0.15) is 23.7 Å². The van der Waals surface area contributed by atoms with Crippen LogP contribution in [-0.4, -0.2) is 35.4 Å². The van der Waals surface area contributed by atoms with Crippen molar-refractivity contribution in [3.8, 4) is 0 Å². The largest absolute Gasteiger partial charge is 0.452 e. The average Bonchev–Trinajstić information content (AvgIpc) is 2.69. The molecular weight excluding hydrogens is 465 g/mol. The standard InChI is InChI=1S/C19H17BrFN3O6/c1-11(18(26)23-16-7-4-13(20)10-15(16)21)30-17(25)8-9-22-19(27)12-2-5-14(6-3-12)24(28)29/h2-7,10-11H,8-9H2,1H3,(H,22,27)(H,23,26)/t11-/m0/s1. The summed E-state index contributed by atoms with van der Waals surface area (Å²) in [7, 11) is 0. The summed E-state index contributed by atoms with van der Waals surface area (Å²) in [6.07, 6.45) is -1.38. The second-order valence-electron chi connectivity index (χ2n) is 6.06. The maximum atomic E-state index is 13.8. The molecule has 1 atom stereocenters. The van der Waals surface area contributed by atoms with Crippen LogP contribution in [0.25, 0.3) is 0 Å². The van der Waals surface area contributed by atoms with E-state index in [2.05, 4.69) is 26.6 Å². The highest BCUT2D eigenvalue weighted by Crippen LogP contribution is 2.19. The molecule has 0 heterocycles. The lowest BCUT2D eigenvalue weighted by atomic mass is 10.2. The van der Waals surface area contributed by atoms with Gasteiger partial charge in [0.1, 0.15) is 5.82 Å². The summed E-state index contributed by atoms with van der Waals surface area (Å²) in [6.45, 7) is 1.27. The predicted octanol–water partition coefficient (Wildman–Crippen LogP) is 3.19.